The van der Waals surface area contributed by atoms with E-state index in [9.17, 15) is 5.11 Å². The summed E-state index contributed by atoms with van der Waals surface area (Å²) < 4.78 is 24.9. The van der Waals surface area contributed by atoms with Crippen molar-refractivity contribution in [2.45, 2.75) is 69.5 Å². The van der Waals surface area contributed by atoms with Crippen molar-refractivity contribution in [3.8, 4) is 0 Å². The Labute approximate surface area is 192 Å². The third-order valence-electron chi connectivity index (χ3n) is 6.52. The van der Waals surface area contributed by atoms with Crippen molar-refractivity contribution in [1.82, 2.24) is 0 Å². The summed E-state index contributed by atoms with van der Waals surface area (Å²) in [7, 11) is -2.76. The molecule has 32 heavy (non-hydrogen) atoms. The molecule has 2 aromatic carbocycles. The summed E-state index contributed by atoms with van der Waals surface area (Å²) in [6.07, 6.45) is -0.474. The summed E-state index contributed by atoms with van der Waals surface area (Å²) in [4.78, 5) is 0. The van der Waals surface area contributed by atoms with Gasteiger partial charge in [-0.05, 0) is 29.3 Å². The van der Waals surface area contributed by atoms with Gasteiger partial charge in [-0.1, -0.05) is 87.5 Å². The Kier molecular flexibility index (Phi) is 5.99. The van der Waals surface area contributed by atoms with Crippen molar-refractivity contribution in [2.75, 3.05) is 6.61 Å². The molecule has 2 heterocycles. The smallest absolute Gasteiger partial charge is 0.261 e. The Balaban J connectivity index is 1.71. The average molecular weight is 455 g/mol. The van der Waals surface area contributed by atoms with E-state index in [0.717, 1.165) is 0 Å². The molecule has 2 aliphatic rings. The van der Waals surface area contributed by atoms with E-state index < -0.39 is 38.2 Å². The average Bonchev–Trinajstić information content (AvgIpc) is 3.19. The van der Waals surface area contributed by atoms with Crippen molar-refractivity contribution in [3.63, 3.8) is 0 Å². The molecule has 0 saturated carbocycles. The minimum absolute atomic E-state index is 0.175. The van der Waals surface area contributed by atoms with Gasteiger partial charge in [0.15, 0.2) is 12.1 Å². The Morgan fingerprint density at radius 2 is 1.53 bits per heavy atom. The summed E-state index contributed by atoms with van der Waals surface area (Å²) >= 11 is 0. The summed E-state index contributed by atoms with van der Waals surface area (Å²) in [6, 6.07) is 20.8. The molecule has 0 bridgehead atoms. The second-order valence-corrected chi connectivity index (χ2v) is 14.4. The van der Waals surface area contributed by atoms with Gasteiger partial charge in [-0.3, -0.25) is 0 Å². The van der Waals surface area contributed by atoms with E-state index in [2.05, 4.69) is 75.9 Å². The predicted octanol–water partition coefficient (Wildman–Crippen LogP) is 3.36. The van der Waals surface area contributed by atoms with Gasteiger partial charge in [0.1, 0.15) is 17.8 Å². The van der Waals surface area contributed by atoms with Crippen molar-refractivity contribution >= 4 is 18.7 Å². The molecule has 5 nitrogen and oxygen atoms in total. The third-order valence-corrected chi connectivity index (χ3v) is 11.5. The number of hydrogen-bond donors (Lipinski definition) is 1. The predicted molar refractivity (Wildman–Crippen MR) is 127 cm³/mol. The molecule has 2 aromatic rings. The van der Waals surface area contributed by atoms with Crippen LogP contribution in [0.3, 0.4) is 0 Å². The summed E-state index contributed by atoms with van der Waals surface area (Å²) in [6.45, 7) is 14.3. The lowest BCUT2D eigenvalue weighted by atomic mass is 9.93. The number of rotatable bonds is 6. The molecule has 0 aromatic heterocycles. The Morgan fingerprint density at radius 3 is 2.00 bits per heavy atom. The monoisotopic (exact) mass is 454 g/mol. The van der Waals surface area contributed by atoms with Crippen LogP contribution in [0.2, 0.25) is 5.04 Å². The molecule has 2 fully saturated rings. The van der Waals surface area contributed by atoms with Crippen molar-refractivity contribution in [1.29, 1.82) is 0 Å². The van der Waals surface area contributed by atoms with Crippen LogP contribution in [0.4, 0.5) is 0 Å². The van der Waals surface area contributed by atoms with Gasteiger partial charge in [-0.2, -0.15) is 0 Å². The van der Waals surface area contributed by atoms with Crippen LogP contribution in [0.5, 0.6) is 0 Å². The molecule has 4 atom stereocenters. The van der Waals surface area contributed by atoms with Crippen molar-refractivity contribution in [2.24, 2.45) is 0 Å². The Hall–Kier alpha value is -1.80. The fourth-order valence-corrected chi connectivity index (χ4v) is 9.54. The van der Waals surface area contributed by atoms with Crippen LogP contribution in [-0.2, 0) is 18.6 Å². The maximum atomic E-state index is 11.5. The maximum Gasteiger partial charge on any atom is 0.261 e. The van der Waals surface area contributed by atoms with E-state index in [1.165, 1.54) is 16.4 Å². The number of hydrogen-bond acceptors (Lipinski definition) is 5. The molecule has 172 valence electrons. The van der Waals surface area contributed by atoms with Crippen LogP contribution < -0.4 is 10.4 Å². The van der Waals surface area contributed by atoms with Crippen LogP contribution in [0.15, 0.2) is 73.3 Å². The van der Waals surface area contributed by atoms with Crippen molar-refractivity contribution in [3.05, 3.63) is 73.3 Å². The summed E-state index contributed by atoms with van der Waals surface area (Å²) in [5.41, 5.74) is -1.41. The molecule has 0 aliphatic carbocycles. The Morgan fingerprint density at radius 1 is 1.00 bits per heavy atom. The van der Waals surface area contributed by atoms with E-state index in [0.29, 0.717) is 0 Å². The van der Waals surface area contributed by atoms with Crippen LogP contribution in [0.25, 0.3) is 0 Å². The van der Waals surface area contributed by atoms with Gasteiger partial charge < -0.3 is 23.7 Å². The SMILES string of the molecule is C=C[C@@]1(O)[C@@H](CO[Si](c2ccccc2)(c2ccccc2)C(C)(C)C)O[C@@H]2OC(C)(C)O[C@@H]21. The first-order valence-corrected chi connectivity index (χ1v) is 13.1. The highest BCUT2D eigenvalue weighted by molar-refractivity contribution is 6.99. The summed E-state index contributed by atoms with van der Waals surface area (Å²) in [5.74, 6) is -0.823. The standard InChI is InChI=1S/C26H34O5Si/c1-7-26(27)21(29-23-22(26)30-25(5,6)31-23)18-28-32(24(2,3)4,19-14-10-8-11-15-19)20-16-12-9-13-17-20/h7-17,21-23,27H,1,18H2,2-6H3/t21-,22+,23-,26-/m1/s1. The molecule has 0 spiro atoms. The van der Waals surface area contributed by atoms with Gasteiger partial charge in [0.05, 0.1) is 6.61 Å². The highest BCUT2D eigenvalue weighted by Gasteiger charge is 2.62. The highest BCUT2D eigenvalue weighted by atomic mass is 28.4. The van der Waals surface area contributed by atoms with E-state index in [4.69, 9.17) is 18.6 Å². The number of aliphatic hydroxyl groups is 1. The topological polar surface area (TPSA) is 57.2 Å². The van der Waals surface area contributed by atoms with Crippen LogP contribution >= 0.6 is 0 Å². The molecule has 0 unspecified atom stereocenters. The lowest BCUT2D eigenvalue weighted by molar-refractivity contribution is -0.226. The first-order valence-electron chi connectivity index (χ1n) is 11.2. The maximum absolute atomic E-state index is 11.5. The van der Waals surface area contributed by atoms with Gasteiger partial charge in [0.2, 0.25) is 0 Å². The number of ether oxygens (including phenoxy) is 3. The van der Waals surface area contributed by atoms with Gasteiger partial charge in [-0.25, -0.2) is 0 Å². The largest absolute Gasteiger partial charge is 0.405 e. The molecular formula is C26H34O5Si. The van der Waals surface area contributed by atoms with E-state index in [1.807, 2.05) is 26.0 Å². The number of fused-ring (bicyclic) bond motifs is 1. The van der Waals surface area contributed by atoms with Crippen LogP contribution in [0.1, 0.15) is 34.6 Å². The molecule has 0 amide bonds. The normalized spacial score (nSPS) is 29.6. The molecule has 2 aliphatic heterocycles. The molecular weight excluding hydrogens is 420 g/mol. The van der Waals surface area contributed by atoms with Gasteiger partial charge in [0.25, 0.3) is 8.32 Å². The zero-order valence-corrected chi connectivity index (χ0v) is 20.6. The second-order valence-electron chi connectivity index (χ2n) is 10.1. The highest BCUT2D eigenvalue weighted by Crippen LogP contribution is 2.44. The fraction of sp³-hybridized carbons (Fsp3) is 0.462. The lowest BCUT2D eigenvalue weighted by Gasteiger charge is -2.44. The second kappa shape index (κ2) is 8.20. The molecule has 2 saturated heterocycles. The minimum atomic E-state index is -2.76. The summed E-state index contributed by atoms with van der Waals surface area (Å²) in [5, 5.41) is 13.7. The van der Waals surface area contributed by atoms with Crippen LogP contribution in [0, 0.1) is 0 Å². The third kappa shape index (κ3) is 3.79. The first-order chi connectivity index (χ1) is 15.0. The quantitative estimate of drug-likeness (QED) is 0.536. The van der Waals surface area contributed by atoms with E-state index in [-0.39, 0.29) is 11.6 Å². The zero-order chi connectivity index (χ0) is 23.2. The molecule has 6 heteroatoms. The Bertz CT molecular complexity index is 900. The molecule has 0 radical (unpaired) electrons. The van der Waals surface area contributed by atoms with Crippen LogP contribution in [-0.4, -0.2) is 49.9 Å². The van der Waals surface area contributed by atoms with Gasteiger partial charge in [0, 0.05) is 0 Å². The zero-order valence-electron chi connectivity index (χ0n) is 19.6. The lowest BCUT2D eigenvalue weighted by Crippen LogP contribution is -2.67. The molecule has 1 N–H and O–H groups in total. The van der Waals surface area contributed by atoms with E-state index >= 15 is 0 Å². The van der Waals surface area contributed by atoms with Gasteiger partial charge >= 0.3 is 0 Å². The van der Waals surface area contributed by atoms with Crippen molar-refractivity contribution < 1.29 is 23.7 Å². The van der Waals surface area contributed by atoms with E-state index in [1.54, 1.807) is 0 Å². The fourth-order valence-electron chi connectivity index (χ4n) is 4.98. The molecule has 4 rings (SSSR count). The number of benzene rings is 2. The minimum Gasteiger partial charge on any atom is -0.405 e. The first kappa shape index (κ1) is 23.4. The van der Waals surface area contributed by atoms with Gasteiger partial charge in [-0.15, -0.1) is 6.58 Å².